The van der Waals surface area contributed by atoms with Gasteiger partial charge in [0, 0.05) is 33.4 Å². The van der Waals surface area contributed by atoms with Gasteiger partial charge in [0.2, 0.25) is 5.91 Å². The normalized spacial score (nSPS) is 10.4. The minimum absolute atomic E-state index is 0.00626. The van der Waals surface area contributed by atoms with Crippen molar-refractivity contribution in [2.24, 2.45) is 0 Å². The molecule has 0 spiro atoms. The van der Waals surface area contributed by atoms with Crippen LogP contribution in [0, 0.1) is 0 Å². The highest BCUT2D eigenvalue weighted by atomic mass is 16.5. The lowest BCUT2D eigenvalue weighted by atomic mass is 10.2. The average molecular weight is 280 g/mol. The molecule has 1 amide bonds. The van der Waals surface area contributed by atoms with E-state index in [1.807, 2.05) is 30.3 Å². The monoisotopic (exact) mass is 280 g/mol. The Morgan fingerprint density at radius 2 is 1.95 bits per heavy atom. The van der Waals surface area contributed by atoms with E-state index in [-0.39, 0.29) is 5.91 Å². The number of carbonyl (C=O) groups excluding carboxylic acids is 1. The van der Waals surface area contributed by atoms with Crippen molar-refractivity contribution in [2.45, 2.75) is 13.0 Å². The molecule has 0 atom stereocenters. The van der Waals surface area contributed by atoms with Gasteiger partial charge in [0.1, 0.15) is 0 Å². The summed E-state index contributed by atoms with van der Waals surface area (Å²) in [6, 6.07) is 9.85. The molecule has 0 bridgehead atoms. The van der Waals surface area contributed by atoms with Crippen LogP contribution in [-0.2, 0) is 20.8 Å². The SMILES string of the molecule is COCCCOCCNCC(=O)NCc1ccccc1. The van der Waals surface area contributed by atoms with Crippen molar-refractivity contribution >= 4 is 5.91 Å². The molecule has 0 saturated carbocycles. The zero-order valence-electron chi connectivity index (χ0n) is 12.1. The van der Waals surface area contributed by atoms with Crippen molar-refractivity contribution in [3.63, 3.8) is 0 Å². The third-order valence-electron chi connectivity index (χ3n) is 2.68. The van der Waals surface area contributed by atoms with Gasteiger partial charge in [-0.1, -0.05) is 30.3 Å². The third-order valence-corrected chi connectivity index (χ3v) is 2.68. The summed E-state index contributed by atoms with van der Waals surface area (Å²) in [7, 11) is 1.68. The van der Waals surface area contributed by atoms with Gasteiger partial charge >= 0.3 is 0 Å². The molecule has 112 valence electrons. The second-order valence-corrected chi connectivity index (χ2v) is 4.40. The van der Waals surface area contributed by atoms with Gasteiger partial charge in [0.25, 0.3) is 0 Å². The molecule has 0 aromatic heterocycles. The standard InChI is InChI=1S/C15H24N2O3/c1-19-9-5-10-20-11-8-16-13-15(18)17-12-14-6-3-2-4-7-14/h2-4,6-7,16H,5,8-13H2,1H3,(H,17,18). The number of rotatable bonds is 11. The van der Waals surface area contributed by atoms with Gasteiger partial charge in [-0.3, -0.25) is 4.79 Å². The summed E-state index contributed by atoms with van der Waals surface area (Å²) in [6.45, 7) is 3.57. The number of hydrogen-bond acceptors (Lipinski definition) is 4. The van der Waals surface area contributed by atoms with Crippen LogP contribution in [0.5, 0.6) is 0 Å². The van der Waals surface area contributed by atoms with E-state index in [0.29, 0.717) is 32.8 Å². The van der Waals surface area contributed by atoms with Crippen LogP contribution in [0.1, 0.15) is 12.0 Å². The van der Waals surface area contributed by atoms with Crippen LogP contribution < -0.4 is 10.6 Å². The Morgan fingerprint density at radius 3 is 2.70 bits per heavy atom. The molecular weight excluding hydrogens is 256 g/mol. The molecule has 0 heterocycles. The first-order chi connectivity index (χ1) is 9.83. The molecular formula is C15H24N2O3. The van der Waals surface area contributed by atoms with Gasteiger partial charge in [0.05, 0.1) is 13.2 Å². The van der Waals surface area contributed by atoms with Gasteiger partial charge in [-0.15, -0.1) is 0 Å². The van der Waals surface area contributed by atoms with Gasteiger partial charge in [0.15, 0.2) is 0 Å². The molecule has 0 fully saturated rings. The van der Waals surface area contributed by atoms with Crippen molar-refractivity contribution in [3.8, 4) is 0 Å². The number of methoxy groups -OCH3 is 1. The fraction of sp³-hybridized carbons (Fsp3) is 0.533. The molecule has 20 heavy (non-hydrogen) atoms. The second-order valence-electron chi connectivity index (χ2n) is 4.40. The molecule has 0 unspecified atom stereocenters. The van der Waals surface area contributed by atoms with Crippen molar-refractivity contribution in [1.29, 1.82) is 0 Å². The summed E-state index contributed by atoms with van der Waals surface area (Å²) < 4.78 is 10.3. The maximum Gasteiger partial charge on any atom is 0.234 e. The zero-order chi connectivity index (χ0) is 14.5. The maximum absolute atomic E-state index is 11.6. The molecule has 0 saturated heterocycles. The largest absolute Gasteiger partial charge is 0.385 e. The maximum atomic E-state index is 11.6. The smallest absolute Gasteiger partial charge is 0.234 e. The van der Waals surface area contributed by atoms with Crippen molar-refractivity contribution in [2.75, 3.05) is 40.0 Å². The van der Waals surface area contributed by atoms with Crippen LogP contribution in [0.25, 0.3) is 0 Å². The Morgan fingerprint density at radius 1 is 1.15 bits per heavy atom. The van der Waals surface area contributed by atoms with E-state index in [2.05, 4.69) is 10.6 Å². The van der Waals surface area contributed by atoms with Crippen molar-refractivity contribution in [3.05, 3.63) is 35.9 Å². The Kier molecular flexibility index (Phi) is 9.48. The number of hydrogen-bond donors (Lipinski definition) is 2. The van der Waals surface area contributed by atoms with Crippen molar-refractivity contribution < 1.29 is 14.3 Å². The van der Waals surface area contributed by atoms with E-state index < -0.39 is 0 Å². The molecule has 5 nitrogen and oxygen atoms in total. The fourth-order valence-corrected chi connectivity index (χ4v) is 1.61. The van der Waals surface area contributed by atoms with Gasteiger partial charge in [-0.2, -0.15) is 0 Å². The highest BCUT2D eigenvalue weighted by molar-refractivity contribution is 5.77. The average Bonchev–Trinajstić information content (AvgIpc) is 2.49. The lowest BCUT2D eigenvalue weighted by Gasteiger charge is -2.07. The van der Waals surface area contributed by atoms with E-state index in [1.54, 1.807) is 7.11 Å². The molecule has 0 aliphatic carbocycles. The highest BCUT2D eigenvalue weighted by Gasteiger charge is 2.00. The summed E-state index contributed by atoms with van der Waals surface area (Å²) in [5.41, 5.74) is 1.10. The molecule has 1 aromatic rings. The molecule has 2 N–H and O–H groups in total. The van der Waals surface area contributed by atoms with Gasteiger partial charge < -0.3 is 20.1 Å². The minimum atomic E-state index is -0.00626. The summed E-state index contributed by atoms with van der Waals surface area (Å²) in [6.07, 6.45) is 0.897. The van der Waals surface area contributed by atoms with Crippen LogP contribution in [0.2, 0.25) is 0 Å². The lowest BCUT2D eigenvalue weighted by Crippen LogP contribution is -2.34. The topological polar surface area (TPSA) is 59.6 Å². The highest BCUT2D eigenvalue weighted by Crippen LogP contribution is 1.96. The van der Waals surface area contributed by atoms with E-state index in [9.17, 15) is 4.79 Å². The van der Waals surface area contributed by atoms with Crippen LogP contribution in [0.15, 0.2) is 30.3 Å². The first kappa shape index (κ1) is 16.6. The van der Waals surface area contributed by atoms with E-state index >= 15 is 0 Å². The van der Waals surface area contributed by atoms with E-state index in [1.165, 1.54) is 0 Å². The fourth-order valence-electron chi connectivity index (χ4n) is 1.61. The Bertz CT molecular complexity index is 357. The molecule has 0 aliphatic rings. The quantitative estimate of drug-likeness (QED) is 0.592. The summed E-state index contributed by atoms with van der Waals surface area (Å²) >= 11 is 0. The number of carbonyl (C=O) groups is 1. The number of nitrogens with one attached hydrogen (secondary N) is 2. The van der Waals surface area contributed by atoms with E-state index in [4.69, 9.17) is 9.47 Å². The first-order valence-electron chi connectivity index (χ1n) is 6.91. The Balaban J connectivity index is 1.93. The molecule has 1 aromatic carbocycles. The third kappa shape index (κ3) is 8.63. The number of benzene rings is 1. The molecule has 0 aliphatic heterocycles. The molecule has 5 heteroatoms. The van der Waals surface area contributed by atoms with Crippen LogP contribution >= 0.6 is 0 Å². The van der Waals surface area contributed by atoms with Gasteiger partial charge in [-0.05, 0) is 12.0 Å². The number of amides is 1. The summed E-state index contributed by atoms with van der Waals surface area (Å²) in [5.74, 6) is -0.00626. The molecule has 1 rings (SSSR count). The Hall–Kier alpha value is -1.43. The van der Waals surface area contributed by atoms with Crippen molar-refractivity contribution in [1.82, 2.24) is 10.6 Å². The zero-order valence-corrected chi connectivity index (χ0v) is 12.1. The first-order valence-corrected chi connectivity index (χ1v) is 6.91. The summed E-state index contributed by atoms with van der Waals surface area (Å²) in [4.78, 5) is 11.6. The molecule has 0 radical (unpaired) electrons. The number of ether oxygens (including phenoxy) is 2. The summed E-state index contributed by atoms with van der Waals surface area (Å²) in [5, 5.41) is 5.90. The Labute approximate surface area is 120 Å². The van der Waals surface area contributed by atoms with Crippen LogP contribution in [0.3, 0.4) is 0 Å². The van der Waals surface area contributed by atoms with Crippen LogP contribution in [-0.4, -0.2) is 45.9 Å². The predicted molar refractivity (Wildman–Crippen MR) is 78.5 cm³/mol. The second kappa shape index (κ2) is 11.4. The predicted octanol–water partition coefficient (Wildman–Crippen LogP) is 0.946. The van der Waals surface area contributed by atoms with Crippen LogP contribution in [0.4, 0.5) is 0 Å². The minimum Gasteiger partial charge on any atom is -0.385 e. The van der Waals surface area contributed by atoms with Gasteiger partial charge in [-0.25, -0.2) is 0 Å². The van der Waals surface area contributed by atoms with E-state index in [0.717, 1.165) is 18.6 Å². The lowest BCUT2D eigenvalue weighted by molar-refractivity contribution is -0.120.